The van der Waals surface area contributed by atoms with Crippen molar-refractivity contribution in [1.29, 1.82) is 0 Å². The molecular formula is C31H33N5O4. The lowest BCUT2D eigenvalue weighted by Gasteiger charge is -2.39. The molecule has 9 heteroatoms. The summed E-state index contributed by atoms with van der Waals surface area (Å²) in [7, 11) is 0. The number of likely N-dealkylation sites (tertiary alicyclic amines) is 1. The van der Waals surface area contributed by atoms with Crippen LogP contribution in [0.4, 0.5) is 5.69 Å². The zero-order valence-electron chi connectivity index (χ0n) is 22.6. The standard InChI is InChI=1S/C31H33N5O4/c1-18-5-7-22(18)30(39)34-13-11-21(12-14-34)35-17-19(16-32-35)15-20-6-8-25-28-23(20)3-2-4-24(28)31(40)36(25)26-9-10-27(37)33-29(26)38/h2-4,6,8,16-18,21-22,26H,5,7,9-15H2,1H3,(H,33,37,38). The van der Waals surface area contributed by atoms with Crippen molar-refractivity contribution >= 4 is 40.1 Å². The van der Waals surface area contributed by atoms with E-state index in [1.165, 1.54) is 0 Å². The summed E-state index contributed by atoms with van der Waals surface area (Å²) in [6.45, 7) is 3.75. The Labute approximate surface area is 232 Å². The Kier molecular flexibility index (Phi) is 5.98. The topological polar surface area (TPSA) is 105 Å². The van der Waals surface area contributed by atoms with Crippen LogP contribution >= 0.6 is 0 Å². The summed E-state index contributed by atoms with van der Waals surface area (Å²) >= 11 is 0. The molecule has 3 aromatic rings. The monoisotopic (exact) mass is 539 g/mol. The molecule has 3 unspecified atom stereocenters. The third-order valence-electron chi connectivity index (χ3n) is 9.48. The van der Waals surface area contributed by atoms with Gasteiger partial charge in [-0.3, -0.25) is 34.1 Å². The van der Waals surface area contributed by atoms with Gasteiger partial charge < -0.3 is 4.90 Å². The number of imide groups is 1. The van der Waals surface area contributed by atoms with E-state index in [2.05, 4.69) is 28.2 Å². The molecule has 1 aliphatic carbocycles. The highest BCUT2D eigenvalue weighted by atomic mass is 16.2. The smallest absolute Gasteiger partial charge is 0.259 e. The average molecular weight is 540 g/mol. The van der Waals surface area contributed by atoms with E-state index in [9.17, 15) is 19.2 Å². The van der Waals surface area contributed by atoms with Crippen molar-refractivity contribution in [2.75, 3.05) is 18.0 Å². The fourth-order valence-electron chi connectivity index (χ4n) is 6.97. The molecule has 206 valence electrons. The molecule has 0 spiro atoms. The summed E-state index contributed by atoms with van der Waals surface area (Å²) in [4.78, 5) is 54.1. The summed E-state index contributed by atoms with van der Waals surface area (Å²) in [6, 6.07) is 9.27. The number of hydrogen-bond donors (Lipinski definition) is 1. The molecule has 0 bridgehead atoms. The second kappa shape index (κ2) is 9.57. The lowest BCUT2D eigenvalue weighted by molar-refractivity contribution is -0.142. The third-order valence-corrected chi connectivity index (χ3v) is 9.48. The minimum Gasteiger partial charge on any atom is -0.342 e. The quantitative estimate of drug-likeness (QED) is 0.499. The molecule has 2 saturated heterocycles. The zero-order valence-corrected chi connectivity index (χ0v) is 22.6. The van der Waals surface area contributed by atoms with Gasteiger partial charge in [0.25, 0.3) is 5.91 Å². The molecule has 9 nitrogen and oxygen atoms in total. The Morgan fingerprint density at radius 2 is 1.85 bits per heavy atom. The average Bonchev–Trinajstić information content (AvgIpc) is 3.53. The molecule has 1 aromatic heterocycles. The van der Waals surface area contributed by atoms with Gasteiger partial charge in [-0.2, -0.15) is 5.10 Å². The number of hydrogen-bond acceptors (Lipinski definition) is 5. The maximum Gasteiger partial charge on any atom is 0.259 e. The van der Waals surface area contributed by atoms with E-state index >= 15 is 0 Å². The van der Waals surface area contributed by atoms with Crippen molar-refractivity contribution in [3.8, 4) is 0 Å². The van der Waals surface area contributed by atoms with Gasteiger partial charge in [0.1, 0.15) is 6.04 Å². The van der Waals surface area contributed by atoms with Gasteiger partial charge in [0.2, 0.25) is 17.7 Å². The summed E-state index contributed by atoms with van der Waals surface area (Å²) in [6.07, 6.45) is 9.25. The van der Waals surface area contributed by atoms with Crippen molar-refractivity contribution in [2.45, 2.75) is 64.0 Å². The van der Waals surface area contributed by atoms with Crippen LogP contribution in [0.15, 0.2) is 42.7 Å². The number of nitrogens with zero attached hydrogens (tertiary/aromatic N) is 4. The molecular weight excluding hydrogens is 506 g/mol. The molecule has 1 N–H and O–H groups in total. The molecule has 2 aromatic carbocycles. The van der Waals surface area contributed by atoms with Crippen LogP contribution in [0.3, 0.4) is 0 Å². The maximum atomic E-state index is 13.4. The van der Waals surface area contributed by atoms with Crippen molar-refractivity contribution in [2.24, 2.45) is 11.8 Å². The number of piperidine rings is 2. The molecule has 3 fully saturated rings. The first-order valence-corrected chi connectivity index (χ1v) is 14.4. The number of amides is 4. The first kappa shape index (κ1) is 25.0. The predicted octanol–water partition coefficient (Wildman–Crippen LogP) is 3.60. The van der Waals surface area contributed by atoms with Crippen LogP contribution in [-0.4, -0.2) is 57.4 Å². The summed E-state index contributed by atoms with van der Waals surface area (Å²) in [5.74, 6) is 0.153. The van der Waals surface area contributed by atoms with Gasteiger partial charge >= 0.3 is 0 Å². The highest BCUT2D eigenvalue weighted by Crippen LogP contribution is 2.41. The zero-order chi connectivity index (χ0) is 27.5. The normalized spacial score (nSPS) is 24.9. The van der Waals surface area contributed by atoms with Crippen molar-refractivity contribution < 1.29 is 19.2 Å². The molecule has 40 heavy (non-hydrogen) atoms. The van der Waals surface area contributed by atoms with Crippen molar-refractivity contribution in [3.63, 3.8) is 0 Å². The summed E-state index contributed by atoms with van der Waals surface area (Å²) in [5, 5.41) is 8.91. The second-order valence-electron chi connectivity index (χ2n) is 11.8. The third kappa shape index (κ3) is 4.01. The predicted molar refractivity (Wildman–Crippen MR) is 149 cm³/mol. The fourth-order valence-corrected chi connectivity index (χ4v) is 6.97. The molecule has 0 radical (unpaired) electrons. The highest BCUT2D eigenvalue weighted by Gasteiger charge is 2.41. The molecule has 7 rings (SSSR count). The fraction of sp³-hybridized carbons (Fsp3) is 0.452. The van der Waals surface area contributed by atoms with Gasteiger partial charge in [0, 0.05) is 49.0 Å². The second-order valence-corrected chi connectivity index (χ2v) is 11.8. The first-order valence-electron chi connectivity index (χ1n) is 14.4. The highest BCUT2D eigenvalue weighted by molar-refractivity contribution is 6.27. The van der Waals surface area contributed by atoms with Gasteiger partial charge in [-0.05, 0) is 66.7 Å². The van der Waals surface area contributed by atoms with Gasteiger partial charge in [0.05, 0.1) is 17.9 Å². The Balaban J connectivity index is 1.08. The van der Waals surface area contributed by atoms with Crippen LogP contribution in [0.25, 0.3) is 10.8 Å². The van der Waals surface area contributed by atoms with Crippen molar-refractivity contribution in [1.82, 2.24) is 20.0 Å². The van der Waals surface area contributed by atoms with Crippen molar-refractivity contribution in [3.05, 3.63) is 59.4 Å². The number of anilines is 1. The van der Waals surface area contributed by atoms with Crippen LogP contribution in [0.5, 0.6) is 0 Å². The van der Waals surface area contributed by atoms with E-state index in [-0.39, 0.29) is 30.2 Å². The first-order chi connectivity index (χ1) is 19.4. The number of benzene rings is 2. The van der Waals surface area contributed by atoms with Crippen LogP contribution in [-0.2, 0) is 20.8 Å². The lowest BCUT2D eigenvalue weighted by atomic mass is 9.74. The van der Waals surface area contributed by atoms with Gasteiger partial charge in [-0.25, -0.2) is 0 Å². The van der Waals surface area contributed by atoms with E-state index in [0.29, 0.717) is 30.2 Å². The summed E-state index contributed by atoms with van der Waals surface area (Å²) < 4.78 is 2.05. The van der Waals surface area contributed by atoms with Gasteiger partial charge in [-0.1, -0.05) is 25.1 Å². The van der Waals surface area contributed by atoms with E-state index < -0.39 is 11.9 Å². The van der Waals surface area contributed by atoms with E-state index in [0.717, 1.165) is 66.4 Å². The van der Waals surface area contributed by atoms with E-state index in [4.69, 9.17) is 0 Å². The number of carbonyl (C=O) groups excluding carboxylic acids is 4. The van der Waals surface area contributed by atoms with Crippen LogP contribution < -0.4 is 10.2 Å². The van der Waals surface area contributed by atoms with Crippen LogP contribution in [0, 0.1) is 11.8 Å². The Hall–Kier alpha value is -4.01. The number of aromatic nitrogens is 2. The van der Waals surface area contributed by atoms with E-state index in [1.54, 1.807) is 4.90 Å². The van der Waals surface area contributed by atoms with Gasteiger partial charge in [0.15, 0.2) is 0 Å². The largest absolute Gasteiger partial charge is 0.342 e. The Morgan fingerprint density at radius 1 is 1.02 bits per heavy atom. The van der Waals surface area contributed by atoms with Crippen LogP contribution in [0.2, 0.25) is 0 Å². The molecule has 4 heterocycles. The molecule has 4 aliphatic rings. The number of nitrogens with one attached hydrogen (secondary N) is 1. The molecule has 3 aliphatic heterocycles. The minimum absolute atomic E-state index is 0.198. The Morgan fingerprint density at radius 3 is 2.58 bits per heavy atom. The van der Waals surface area contributed by atoms with Gasteiger partial charge in [-0.15, -0.1) is 0 Å². The molecule has 3 atom stereocenters. The number of rotatable bonds is 5. The molecule has 1 saturated carbocycles. The Bertz CT molecular complexity index is 1550. The number of carbonyl (C=O) groups is 4. The van der Waals surface area contributed by atoms with E-state index in [1.807, 2.05) is 41.4 Å². The van der Waals surface area contributed by atoms with Crippen LogP contribution in [0.1, 0.15) is 73.0 Å². The minimum atomic E-state index is -0.691. The summed E-state index contributed by atoms with van der Waals surface area (Å²) in [5.41, 5.74) is 3.50. The molecule has 4 amide bonds. The lowest BCUT2D eigenvalue weighted by Crippen LogP contribution is -2.53. The SMILES string of the molecule is CC1CCC1C(=O)N1CCC(n2cc(Cc3ccc4c5c(cccc35)C(=O)N4C3CCC(=O)NC3=O)cn2)CC1. The maximum absolute atomic E-state index is 13.4.